The molecule has 1 rings (SSSR count). The summed E-state index contributed by atoms with van der Waals surface area (Å²) in [6.07, 6.45) is 1.06. The molecule has 1 aromatic rings. The van der Waals surface area contributed by atoms with Crippen molar-refractivity contribution in [3.05, 3.63) is 35.9 Å². The summed E-state index contributed by atoms with van der Waals surface area (Å²) in [6.45, 7) is 13.5. The average Bonchev–Trinajstić information content (AvgIpc) is 2.82. The van der Waals surface area contributed by atoms with Gasteiger partial charge in [0.05, 0.1) is 24.1 Å². The van der Waals surface area contributed by atoms with Crippen molar-refractivity contribution >= 4 is 17.7 Å². The molecule has 0 aliphatic rings. The number of aliphatic hydroxyl groups excluding tert-OH is 1. The lowest BCUT2D eigenvalue weighted by molar-refractivity contribution is -0.134. The number of carbonyl (C=O) groups is 3. The molecule has 8 heteroatoms. The van der Waals surface area contributed by atoms with Crippen LogP contribution in [-0.2, 0) is 20.8 Å². The average molecular weight is 505 g/mol. The number of hydrogen-bond donors (Lipinski definition) is 5. The molecule has 0 aliphatic carbocycles. The van der Waals surface area contributed by atoms with Crippen molar-refractivity contribution in [3.8, 4) is 0 Å². The number of benzene rings is 1. The summed E-state index contributed by atoms with van der Waals surface area (Å²) < 4.78 is 0. The molecule has 0 unspecified atom stereocenters. The molecule has 0 saturated carbocycles. The van der Waals surface area contributed by atoms with Gasteiger partial charge in [-0.25, -0.2) is 0 Å². The lowest BCUT2D eigenvalue weighted by atomic mass is 9.78. The molecule has 4 atom stereocenters. The molecule has 3 amide bonds. The van der Waals surface area contributed by atoms with E-state index in [1.54, 1.807) is 0 Å². The van der Waals surface area contributed by atoms with Crippen LogP contribution >= 0.6 is 0 Å². The van der Waals surface area contributed by atoms with Crippen molar-refractivity contribution < 1.29 is 19.5 Å². The van der Waals surface area contributed by atoms with E-state index in [0.717, 1.165) is 18.4 Å². The fourth-order valence-electron chi connectivity index (χ4n) is 3.96. The van der Waals surface area contributed by atoms with Crippen LogP contribution in [-0.4, -0.2) is 53.6 Å². The van der Waals surface area contributed by atoms with Gasteiger partial charge in [0.2, 0.25) is 17.7 Å². The zero-order chi connectivity index (χ0) is 27.5. The van der Waals surface area contributed by atoms with Gasteiger partial charge >= 0.3 is 0 Å². The number of amides is 3. The van der Waals surface area contributed by atoms with Crippen LogP contribution in [0, 0.1) is 17.3 Å². The first-order valence-corrected chi connectivity index (χ1v) is 13.1. The molecular weight excluding hydrogens is 456 g/mol. The zero-order valence-corrected chi connectivity index (χ0v) is 23.1. The van der Waals surface area contributed by atoms with Crippen LogP contribution in [0.3, 0.4) is 0 Å². The minimum absolute atomic E-state index is 0.0575. The molecular formula is C28H48N4O4. The van der Waals surface area contributed by atoms with Crippen molar-refractivity contribution in [3.63, 3.8) is 0 Å². The van der Waals surface area contributed by atoms with E-state index in [0.29, 0.717) is 6.42 Å². The first kappa shape index (κ1) is 31.6. The second-order valence-electron chi connectivity index (χ2n) is 11.1. The highest BCUT2D eigenvalue weighted by atomic mass is 16.3. The molecule has 0 bridgehead atoms. The highest BCUT2D eigenvalue weighted by molar-refractivity contribution is 5.86. The molecule has 0 aliphatic heterocycles. The van der Waals surface area contributed by atoms with Crippen molar-refractivity contribution in [2.24, 2.45) is 23.0 Å². The number of rotatable bonds is 14. The van der Waals surface area contributed by atoms with E-state index in [2.05, 4.69) is 16.0 Å². The van der Waals surface area contributed by atoms with Crippen molar-refractivity contribution in [2.45, 2.75) is 98.4 Å². The molecule has 0 aromatic heterocycles. The Morgan fingerprint density at radius 3 is 2.06 bits per heavy atom. The summed E-state index contributed by atoms with van der Waals surface area (Å²) >= 11 is 0. The van der Waals surface area contributed by atoms with Gasteiger partial charge < -0.3 is 26.8 Å². The normalized spacial score (nSPS) is 15.2. The monoisotopic (exact) mass is 504 g/mol. The molecule has 36 heavy (non-hydrogen) atoms. The molecule has 0 fully saturated rings. The van der Waals surface area contributed by atoms with Crippen LogP contribution in [0.4, 0.5) is 0 Å². The van der Waals surface area contributed by atoms with Crippen molar-refractivity contribution in [2.75, 3.05) is 6.54 Å². The Labute approximate surface area is 217 Å². The van der Waals surface area contributed by atoms with Crippen LogP contribution < -0.4 is 21.7 Å². The van der Waals surface area contributed by atoms with Crippen LogP contribution in [0.25, 0.3) is 0 Å². The molecule has 1 aromatic carbocycles. The van der Waals surface area contributed by atoms with E-state index in [4.69, 9.17) is 5.73 Å². The summed E-state index contributed by atoms with van der Waals surface area (Å²) in [5.41, 5.74) is 6.50. The van der Waals surface area contributed by atoms with Gasteiger partial charge in [-0.2, -0.15) is 0 Å². The van der Waals surface area contributed by atoms with Crippen LogP contribution in [0.2, 0.25) is 0 Å². The second kappa shape index (κ2) is 15.0. The number of nitrogens with two attached hydrogens (primary N) is 1. The molecule has 0 radical (unpaired) electrons. The van der Waals surface area contributed by atoms with Gasteiger partial charge in [0.15, 0.2) is 0 Å². The van der Waals surface area contributed by atoms with E-state index < -0.39 is 29.5 Å². The molecule has 0 spiro atoms. The SMILES string of the molecule is CCC(CC)NC(=O)C[C@@H](C(=O)NC[C@@H](O)[C@H](Cc1ccccc1)NC(=O)[C@@H](N)C(C)C)C(C)(C)C. The first-order valence-electron chi connectivity index (χ1n) is 13.1. The maximum Gasteiger partial charge on any atom is 0.237 e. The zero-order valence-electron chi connectivity index (χ0n) is 23.1. The van der Waals surface area contributed by atoms with E-state index >= 15 is 0 Å². The molecule has 0 saturated heterocycles. The highest BCUT2D eigenvalue weighted by Gasteiger charge is 2.34. The van der Waals surface area contributed by atoms with E-state index in [9.17, 15) is 19.5 Å². The quantitative estimate of drug-likeness (QED) is 0.265. The van der Waals surface area contributed by atoms with Gasteiger partial charge in [-0.1, -0.05) is 78.8 Å². The van der Waals surface area contributed by atoms with E-state index in [1.165, 1.54) is 0 Å². The fourth-order valence-corrected chi connectivity index (χ4v) is 3.96. The van der Waals surface area contributed by atoms with Gasteiger partial charge in [-0.15, -0.1) is 0 Å². The Kier molecular flexibility index (Phi) is 13.1. The van der Waals surface area contributed by atoms with Gasteiger partial charge in [-0.05, 0) is 36.2 Å². The number of aliphatic hydroxyl groups is 1. The smallest absolute Gasteiger partial charge is 0.237 e. The standard InChI is InChI=1S/C28H48N4O4/c1-8-20(9-2)31-24(34)16-21(28(5,6)7)26(35)30-17-23(33)22(15-19-13-11-10-12-14-19)32-27(36)25(29)18(3)4/h10-14,18,20-23,25,33H,8-9,15-17,29H2,1-7H3,(H,30,35)(H,31,34)(H,32,36)/t21-,22-,23+,25-/m0/s1. The maximum atomic E-state index is 13.1. The Morgan fingerprint density at radius 2 is 1.56 bits per heavy atom. The summed E-state index contributed by atoms with van der Waals surface area (Å²) in [6, 6.07) is 8.25. The topological polar surface area (TPSA) is 134 Å². The summed E-state index contributed by atoms with van der Waals surface area (Å²) in [7, 11) is 0. The number of nitrogens with one attached hydrogen (secondary N) is 3. The summed E-state index contributed by atoms with van der Waals surface area (Å²) in [5.74, 6) is -1.43. The lowest BCUT2D eigenvalue weighted by Gasteiger charge is -2.31. The maximum absolute atomic E-state index is 13.1. The predicted octanol–water partition coefficient (Wildman–Crippen LogP) is 2.53. The minimum atomic E-state index is -1.04. The third kappa shape index (κ3) is 10.7. The third-order valence-corrected chi connectivity index (χ3v) is 6.70. The molecule has 204 valence electrons. The van der Waals surface area contributed by atoms with E-state index in [-0.39, 0.29) is 42.6 Å². The van der Waals surface area contributed by atoms with Crippen LogP contribution in [0.15, 0.2) is 30.3 Å². The third-order valence-electron chi connectivity index (χ3n) is 6.70. The van der Waals surface area contributed by atoms with Gasteiger partial charge in [0, 0.05) is 19.0 Å². The fraction of sp³-hybridized carbons (Fsp3) is 0.679. The predicted molar refractivity (Wildman–Crippen MR) is 144 cm³/mol. The second-order valence-corrected chi connectivity index (χ2v) is 11.1. The number of hydrogen-bond acceptors (Lipinski definition) is 5. The van der Waals surface area contributed by atoms with Crippen molar-refractivity contribution in [1.82, 2.24) is 16.0 Å². The van der Waals surface area contributed by atoms with Crippen LogP contribution in [0.1, 0.15) is 73.3 Å². The van der Waals surface area contributed by atoms with Gasteiger partial charge in [-0.3, -0.25) is 14.4 Å². The largest absolute Gasteiger partial charge is 0.389 e. The summed E-state index contributed by atoms with van der Waals surface area (Å²) in [4.78, 5) is 38.4. The Morgan fingerprint density at radius 1 is 0.972 bits per heavy atom. The molecule has 6 N–H and O–H groups in total. The summed E-state index contributed by atoms with van der Waals surface area (Å²) in [5, 5.41) is 19.7. The first-order chi connectivity index (χ1) is 16.8. The van der Waals surface area contributed by atoms with Gasteiger partial charge in [0.25, 0.3) is 0 Å². The van der Waals surface area contributed by atoms with Crippen LogP contribution in [0.5, 0.6) is 0 Å². The molecule has 8 nitrogen and oxygen atoms in total. The lowest BCUT2D eigenvalue weighted by Crippen LogP contribution is -2.55. The highest BCUT2D eigenvalue weighted by Crippen LogP contribution is 2.29. The van der Waals surface area contributed by atoms with E-state index in [1.807, 2.05) is 78.8 Å². The Balaban J connectivity index is 2.92. The number of carbonyl (C=O) groups excluding carboxylic acids is 3. The Hall–Kier alpha value is -2.45. The van der Waals surface area contributed by atoms with Crippen molar-refractivity contribution in [1.29, 1.82) is 0 Å². The molecule has 0 heterocycles. The minimum Gasteiger partial charge on any atom is -0.389 e. The van der Waals surface area contributed by atoms with Gasteiger partial charge in [0.1, 0.15) is 0 Å². The Bertz CT molecular complexity index is 819.